The predicted molar refractivity (Wildman–Crippen MR) is 104 cm³/mol. The summed E-state index contributed by atoms with van der Waals surface area (Å²) < 4.78 is 0. The number of nitro groups is 1. The van der Waals surface area contributed by atoms with Crippen LogP contribution < -0.4 is 4.90 Å². The fourth-order valence-corrected chi connectivity index (χ4v) is 4.44. The van der Waals surface area contributed by atoms with Crippen LogP contribution in [0.3, 0.4) is 0 Å². The van der Waals surface area contributed by atoms with Gasteiger partial charge in [0.1, 0.15) is 0 Å². The molecule has 0 saturated carbocycles. The molecule has 0 atom stereocenters. The molecule has 1 aromatic carbocycles. The molecule has 2 fully saturated rings. The minimum Gasteiger partial charge on any atom is -0.371 e. The molecule has 0 bridgehead atoms. The molecule has 0 amide bonds. The number of pyridine rings is 1. The molecule has 2 aromatic rings. The summed E-state index contributed by atoms with van der Waals surface area (Å²) in [5.41, 5.74) is 2.53. The van der Waals surface area contributed by atoms with E-state index >= 15 is 0 Å². The number of benzene rings is 1. The molecule has 1 aromatic heterocycles. The van der Waals surface area contributed by atoms with Crippen LogP contribution >= 0.6 is 0 Å². The van der Waals surface area contributed by atoms with Crippen molar-refractivity contribution in [3.63, 3.8) is 0 Å². The van der Waals surface area contributed by atoms with Crippen LogP contribution in [0.4, 0.5) is 11.4 Å². The largest absolute Gasteiger partial charge is 0.371 e. The van der Waals surface area contributed by atoms with Crippen molar-refractivity contribution in [3.05, 3.63) is 40.1 Å². The zero-order valence-electron chi connectivity index (χ0n) is 15.4. The number of aromatic nitrogens is 1. The number of para-hydroxylation sites is 1. The maximum absolute atomic E-state index is 11.4. The number of piperidine rings is 1. The third-order valence-corrected chi connectivity index (χ3v) is 5.79. The number of nitrogens with zero attached hydrogens (tertiary/aromatic N) is 4. The van der Waals surface area contributed by atoms with Crippen LogP contribution in [0.2, 0.25) is 0 Å². The first kappa shape index (κ1) is 17.2. The molecule has 6 heteroatoms. The Morgan fingerprint density at radius 3 is 2.62 bits per heavy atom. The minimum atomic E-state index is -0.333. The van der Waals surface area contributed by atoms with E-state index in [4.69, 9.17) is 0 Å². The van der Waals surface area contributed by atoms with Gasteiger partial charge in [-0.3, -0.25) is 10.1 Å². The quantitative estimate of drug-likeness (QED) is 0.618. The second-order valence-electron chi connectivity index (χ2n) is 7.65. The van der Waals surface area contributed by atoms with Crippen molar-refractivity contribution in [1.29, 1.82) is 0 Å². The van der Waals surface area contributed by atoms with E-state index in [2.05, 4.69) is 20.9 Å². The minimum absolute atomic E-state index is 0.0939. The number of fused-ring (bicyclic) bond motifs is 1. The number of hydrogen-bond acceptors (Lipinski definition) is 5. The monoisotopic (exact) mass is 354 g/mol. The van der Waals surface area contributed by atoms with E-state index in [-0.39, 0.29) is 10.6 Å². The maximum atomic E-state index is 11.4. The van der Waals surface area contributed by atoms with E-state index in [1.165, 1.54) is 45.3 Å². The highest BCUT2D eigenvalue weighted by molar-refractivity contribution is 5.97. The molecule has 0 unspecified atom stereocenters. The summed E-state index contributed by atoms with van der Waals surface area (Å²) in [4.78, 5) is 20.5. The van der Waals surface area contributed by atoms with Crippen molar-refractivity contribution < 1.29 is 4.92 Å². The number of rotatable bonds is 4. The van der Waals surface area contributed by atoms with Gasteiger partial charge in [0, 0.05) is 42.5 Å². The molecular weight excluding hydrogens is 328 g/mol. The van der Waals surface area contributed by atoms with Crippen molar-refractivity contribution in [1.82, 2.24) is 9.88 Å². The molecule has 3 heterocycles. The predicted octanol–water partition coefficient (Wildman–Crippen LogP) is 3.76. The summed E-state index contributed by atoms with van der Waals surface area (Å²) in [7, 11) is 0. The summed E-state index contributed by atoms with van der Waals surface area (Å²) in [6, 6.07) is 7.34. The Labute approximate surface area is 154 Å². The molecule has 6 nitrogen and oxygen atoms in total. The average molecular weight is 354 g/mol. The fourth-order valence-electron chi connectivity index (χ4n) is 4.44. The molecule has 138 valence electrons. The summed E-state index contributed by atoms with van der Waals surface area (Å²) in [5.74, 6) is 0.771. The van der Waals surface area contributed by atoms with Crippen LogP contribution in [0.15, 0.2) is 24.3 Å². The SMILES string of the molecule is Cc1cc(N2CCC(CN3CCCC3)CC2)c2cccc([N+](=O)[O-])c2n1. The number of non-ortho nitro benzene ring substituents is 1. The molecule has 4 rings (SSSR count). The van der Waals surface area contributed by atoms with E-state index in [0.717, 1.165) is 35.8 Å². The average Bonchev–Trinajstić information content (AvgIpc) is 3.14. The van der Waals surface area contributed by atoms with Crippen LogP contribution in [0.1, 0.15) is 31.4 Å². The number of hydrogen-bond donors (Lipinski definition) is 0. The van der Waals surface area contributed by atoms with Crippen LogP contribution in [-0.4, -0.2) is 47.5 Å². The fraction of sp³-hybridized carbons (Fsp3) is 0.550. The second kappa shape index (κ2) is 7.19. The van der Waals surface area contributed by atoms with Gasteiger partial charge in [-0.2, -0.15) is 0 Å². The van der Waals surface area contributed by atoms with E-state index in [9.17, 15) is 10.1 Å². The topological polar surface area (TPSA) is 62.5 Å². The Morgan fingerprint density at radius 2 is 1.92 bits per heavy atom. The third kappa shape index (κ3) is 3.38. The summed E-state index contributed by atoms with van der Waals surface area (Å²) in [6.45, 7) is 7.70. The van der Waals surface area contributed by atoms with Gasteiger partial charge in [-0.15, -0.1) is 0 Å². The molecule has 2 saturated heterocycles. The lowest BCUT2D eigenvalue weighted by molar-refractivity contribution is -0.383. The van der Waals surface area contributed by atoms with Gasteiger partial charge in [-0.05, 0) is 57.7 Å². The number of likely N-dealkylation sites (tertiary alicyclic amines) is 1. The first-order valence-corrected chi connectivity index (χ1v) is 9.64. The molecule has 2 aliphatic heterocycles. The standard InChI is InChI=1S/C20H26N4O2/c1-15-13-19(17-5-4-6-18(24(25)26)20(17)21-15)23-11-7-16(8-12-23)14-22-9-2-3-10-22/h4-6,13,16H,2-3,7-12,14H2,1H3. The number of anilines is 1. The van der Waals surface area contributed by atoms with Crippen molar-refractivity contribution >= 4 is 22.3 Å². The van der Waals surface area contributed by atoms with Crippen LogP contribution in [0.5, 0.6) is 0 Å². The van der Waals surface area contributed by atoms with Crippen LogP contribution in [0.25, 0.3) is 10.9 Å². The highest BCUT2D eigenvalue weighted by atomic mass is 16.6. The molecule has 26 heavy (non-hydrogen) atoms. The first-order chi connectivity index (χ1) is 12.6. The summed E-state index contributed by atoms with van der Waals surface area (Å²) in [5, 5.41) is 12.3. The van der Waals surface area contributed by atoms with Gasteiger partial charge < -0.3 is 9.80 Å². The lowest BCUT2D eigenvalue weighted by Gasteiger charge is -2.35. The normalized spacial score (nSPS) is 19.3. The van der Waals surface area contributed by atoms with Crippen molar-refractivity contribution in [2.75, 3.05) is 37.6 Å². The van der Waals surface area contributed by atoms with Gasteiger partial charge in [0.2, 0.25) is 0 Å². The summed E-state index contributed by atoms with van der Waals surface area (Å²) >= 11 is 0. The van der Waals surface area contributed by atoms with Crippen molar-refractivity contribution in [2.24, 2.45) is 5.92 Å². The van der Waals surface area contributed by atoms with Gasteiger partial charge >= 0.3 is 0 Å². The van der Waals surface area contributed by atoms with Gasteiger partial charge in [0.05, 0.1) is 4.92 Å². The Morgan fingerprint density at radius 1 is 1.19 bits per heavy atom. The van der Waals surface area contributed by atoms with Crippen LogP contribution in [0, 0.1) is 23.0 Å². The zero-order chi connectivity index (χ0) is 18.1. The number of aryl methyl sites for hydroxylation is 1. The van der Waals surface area contributed by atoms with Gasteiger partial charge in [-0.1, -0.05) is 12.1 Å². The van der Waals surface area contributed by atoms with E-state index in [1.807, 2.05) is 13.0 Å². The van der Waals surface area contributed by atoms with E-state index < -0.39 is 0 Å². The Balaban J connectivity index is 1.55. The van der Waals surface area contributed by atoms with Crippen molar-refractivity contribution in [3.8, 4) is 0 Å². The van der Waals surface area contributed by atoms with E-state index in [1.54, 1.807) is 12.1 Å². The molecule has 0 aliphatic carbocycles. The number of nitro benzene ring substituents is 1. The lowest BCUT2D eigenvalue weighted by atomic mass is 9.95. The molecule has 0 N–H and O–H groups in total. The Hall–Kier alpha value is -2.21. The molecular formula is C20H26N4O2. The zero-order valence-corrected chi connectivity index (χ0v) is 15.4. The van der Waals surface area contributed by atoms with Crippen LogP contribution in [-0.2, 0) is 0 Å². The third-order valence-electron chi connectivity index (χ3n) is 5.79. The molecule has 2 aliphatic rings. The Bertz CT molecular complexity index is 809. The highest BCUT2D eigenvalue weighted by Gasteiger charge is 2.25. The van der Waals surface area contributed by atoms with Crippen molar-refractivity contribution in [2.45, 2.75) is 32.6 Å². The smallest absolute Gasteiger partial charge is 0.295 e. The second-order valence-corrected chi connectivity index (χ2v) is 7.65. The molecule has 0 radical (unpaired) electrons. The maximum Gasteiger partial charge on any atom is 0.295 e. The van der Waals surface area contributed by atoms with E-state index in [0.29, 0.717) is 5.52 Å². The van der Waals surface area contributed by atoms with Gasteiger partial charge in [0.15, 0.2) is 5.52 Å². The highest BCUT2D eigenvalue weighted by Crippen LogP contribution is 2.34. The van der Waals surface area contributed by atoms with Gasteiger partial charge in [-0.25, -0.2) is 4.98 Å². The Kier molecular flexibility index (Phi) is 4.76. The summed E-state index contributed by atoms with van der Waals surface area (Å²) in [6.07, 6.45) is 5.07. The van der Waals surface area contributed by atoms with Gasteiger partial charge in [0.25, 0.3) is 5.69 Å². The first-order valence-electron chi connectivity index (χ1n) is 9.64. The lowest BCUT2D eigenvalue weighted by Crippen LogP contribution is -2.38. The molecule has 0 spiro atoms.